The number of nitrogens with zero attached hydrogens (tertiary/aromatic N) is 1. The first-order chi connectivity index (χ1) is 7.45. The lowest BCUT2D eigenvalue weighted by Gasteiger charge is -2.08. The second-order valence-electron chi connectivity index (χ2n) is 2.84. The smallest absolute Gasteiger partial charge is 0.310 e. The average Bonchev–Trinajstić information content (AvgIpc) is 2.20. The largest absolute Gasteiger partial charge is 0.469 e. The molecule has 0 aliphatic heterocycles. The van der Waals surface area contributed by atoms with Crippen LogP contribution in [0, 0.1) is 11.8 Å². The van der Waals surface area contributed by atoms with E-state index in [-0.39, 0.29) is 0 Å². The van der Waals surface area contributed by atoms with Crippen LogP contribution in [-0.2, 0) is 16.0 Å². The molecular formula is C9H7F4NO2. The van der Waals surface area contributed by atoms with E-state index < -0.39 is 41.8 Å². The van der Waals surface area contributed by atoms with Gasteiger partial charge in [-0.2, -0.15) is 4.39 Å². The van der Waals surface area contributed by atoms with E-state index in [1.165, 1.54) is 0 Å². The van der Waals surface area contributed by atoms with Crippen molar-refractivity contribution in [1.82, 2.24) is 4.98 Å². The van der Waals surface area contributed by atoms with Gasteiger partial charge in [-0.1, -0.05) is 0 Å². The second kappa shape index (κ2) is 4.91. The molecule has 0 spiro atoms. The van der Waals surface area contributed by atoms with Crippen LogP contribution in [0.15, 0.2) is 6.07 Å². The number of ether oxygens (including phenoxy) is 1. The van der Waals surface area contributed by atoms with E-state index in [1.54, 1.807) is 0 Å². The highest BCUT2D eigenvalue weighted by Crippen LogP contribution is 2.24. The molecule has 1 aromatic rings. The van der Waals surface area contributed by atoms with Crippen LogP contribution in [0.1, 0.15) is 17.7 Å². The molecule has 0 amide bonds. The second-order valence-corrected chi connectivity index (χ2v) is 2.84. The lowest BCUT2D eigenvalue weighted by molar-refractivity contribution is -0.139. The van der Waals surface area contributed by atoms with Crippen molar-refractivity contribution in [3.8, 4) is 0 Å². The molecule has 0 saturated heterocycles. The minimum absolute atomic E-state index is 0.337. The van der Waals surface area contributed by atoms with Gasteiger partial charge in [0.1, 0.15) is 11.5 Å². The summed E-state index contributed by atoms with van der Waals surface area (Å²) in [6.07, 6.45) is -3.88. The van der Waals surface area contributed by atoms with E-state index in [9.17, 15) is 22.4 Å². The highest BCUT2D eigenvalue weighted by atomic mass is 19.3. The molecule has 1 aromatic heterocycles. The summed E-state index contributed by atoms with van der Waals surface area (Å²) in [5.74, 6) is -3.51. The summed E-state index contributed by atoms with van der Waals surface area (Å²) in [5, 5.41) is 0. The number of rotatable bonds is 3. The van der Waals surface area contributed by atoms with Crippen molar-refractivity contribution in [2.75, 3.05) is 7.11 Å². The van der Waals surface area contributed by atoms with Crippen molar-refractivity contribution in [1.29, 1.82) is 0 Å². The number of methoxy groups -OCH3 is 1. The van der Waals surface area contributed by atoms with Crippen molar-refractivity contribution >= 4 is 5.97 Å². The van der Waals surface area contributed by atoms with Crippen LogP contribution in [0.3, 0.4) is 0 Å². The number of carbonyl (C=O) groups is 1. The summed E-state index contributed by atoms with van der Waals surface area (Å²) in [6.45, 7) is 0. The van der Waals surface area contributed by atoms with Gasteiger partial charge in [0, 0.05) is 11.6 Å². The first-order valence-corrected chi connectivity index (χ1v) is 4.15. The quantitative estimate of drug-likeness (QED) is 0.458. The molecule has 0 aliphatic rings. The molecule has 0 bridgehead atoms. The predicted molar refractivity (Wildman–Crippen MR) is 44.8 cm³/mol. The van der Waals surface area contributed by atoms with E-state index in [1.807, 2.05) is 0 Å². The van der Waals surface area contributed by atoms with Gasteiger partial charge in [0.05, 0.1) is 13.5 Å². The fourth-order valence-electron chi connectivity index (χ4n) is 1.10. The SMILES string of the molecule is COC(=O)Cc1c(F)cc(F)nc1C(F)F. The van der Waals surface area contributed by atoms with Gasteiger partial charge in [0.2, 0.25) is 5.95 Å². The van der Waals surface area contributed by atoms with Crippen LogP contribution < -0.4 is 0 Å². The number of aromatic nitrogens is 1. The van der Waals surface area contributed by atoms with Crippen LogP contribution in [0.4, 0.5) is 17.6 Å². The third kappa shape index (κ3) is 2.68. The van der Waals surface area contributed by atoms with Crippen molar-refractivity contribution in [2.45, 2.75) is 12.8 Å². The summed E-state index contributed by atoms with van der Waals surface area (Å²) in [7, 11) is 1.03. The van der Waals surface area contributed by atoms with Crippen molar-refractivity contribution in [2.24, 2.45) is 0 Å². The number of hydrogen-bond acceptors (Lipinski definition) is 3. The molecule has 0 unspecified atom stereocenters. The summed E-state index contributed by atoms with van der Waals surface area (Å²) >= 11 is 0. The zero-order valence-electron chi connectivity index (χ0n) is 8.14. The van der Waals surface area contributed by atoms with Crippen molar-refractivity contribution in [3.63, 3.8) is 0 Å². The van der Waals surface area contributed by atoms with Crippen molar-refractivity contribution < 1.29 is 27.1 Å². The molecule has 7 heteroatoms. The fourth-order valence-corrected chi connectivity index (χ4v) is 1.10. The maximum Gasteiger partial charge on any atom is 0.310 e. The number of hydrogen-bond donors (Lipinski definition) is 0. The highest BCUT2D eigenvalue weighted by Gasteiger charge is 2.22. The van der Waals surface area contributed by atoms with Gasteiger partial charge in [-0.25, -0.2) is 18.2 Å². The molecule has 16 heavy (non-hydrogen) atoms. The number of alkyl halides is 2. The van der Waals surface area contributed by atoms with Crippen LogP contribution in [0.2, 0.25) is 0 Å². The van der Waals surface area contributed by atoms with Gasteiger partial charge >= 0.3 is 5.97 Å². The van der Waals surface area contributed by atoms with Crippen LogP contribution >= 0.6 is 0 Å². The van der Waals surface area contributed by atoms with Gasteiger partial charge in [0.25, 0.3) is 6.43 Å². The normalized spacial score (nSPS) is 10.6. The number of pyridine rings is 1. The van der Waals surface area contributed by atoms with Crippen LogP contribution in [0.25, 0.3) is 0 Å². The Morgan fingerprint density at radius 1 is 1.50 bits per heavy atom. The van der Waals surface area contributed by atoms with Crippen molar-refractivity contribution in [3.05, 3.63) is 29.1 Å². The Labute approximate surface area is 88.0 Å². The molecule has 0 N–H and O–H groups in total. The Hall–Kier alpha value is -1.66. The molecule has 88 valence electrons. The molecule has 0 fully saturated rings. The van der Waals surface area contributed by atoms with Gasteiger partial charge < -0.3 is 4.74 Å². The Bertz CT molecular complexity index is 409. The Morgan fingerprint density at radius 3 is 2.62 bits per heavy atom. The third-order valence-corrected chi connectivity index (χ3v) is 1.83. The van der Waals surface area contributed by atoms with E-state index >= 15 is 0 Å². The Balaban J connectivity index is 3.19. The zero-order chi connectivity index (χ0) is 12.3. The minimum Gasteiger partial charge on any atom is -0.469 e. The average molecular weight is 237 g/mol. The maximum absolute atomic E-state index is 13.1. The molecule has 0 atom stereocenters. The van der Waals surface area contributed by atoms with Crippen LogP contribution in [0.5, 0.6) is 0 Å². The van der Waals surface area contributed by atoms with E-state index in [4.69, 9.17) is 0 Å². The first kappa shape index (κ1) is 12.4. The van der Waals surface area contributed by atoms with E-state index in [0.717, 1.165) is 7.11 Å². The number of halogens is 4. The first-order valence-electron chi connectivity index (χ1n) is 4.15. The summed E-state index contributed by atoms with van der Waals surface area (Å²) in [5.41, 5.74) is -1.73. The fraction of sp³-hybridized carbons (Fsp3) is 0.333. The Morgan fingerprint density at radius 2 is 2.12 bits per heavy atom. The molecule has 0 saturated carbocycles. The standard InChI is InChI=1S/C9H7F4NO2/c1-16-7(15)2-4-5(10)3-6(11)14-8(4)9(12)13/h3,9H,2H2,1H3. The molecule has 0 aliphatic carbocycles. The Kier molecular flexibility index (Phi) is 3.81. The molecule has 3 nitrogen and oxygen atoms in total. The monoisotopic (exact) mass is 237 g/mol. The molecule has 1 rings (SSSR count). The van der Waals surface area contributed by atoms with E-state index in [0.29, 0.717) is 6.07 Å². The molecular weight excluding hydrogens is 230 g/mol. The van der Waals surface area contributed by atoms with Gasteiger partial charge in [-0.3, -0.25) is 4.79 Å². The van der Waals surface area contributed by atoms with Gasteiger partial charge in [-0.05, 0) is 0 Å². The number of carbonyl (C=O) groups excluding carboxylic acids is 1. The lowest BCUT2D eigenvalue weighted by atomic mass is 10.1. The summed E-state index contributed by atoms with van der Waals surface area (Å²) in [4.78, 5) is 13.7. The molecule has 0 aromatic carbocycles. The molecule has 1 heterocycles. The predicted octanol–water partition coefficient (Wildman–Crippen LogP) is 2.01. The van der Waals surface area contributed by atoms with Crippen LogP contribution in [-0.4, -0.2) is 18.1 Å². The highest BCUT2D eigenvalue weighted by molar-refractivity contribution is 5.72. The van der Waals surface area contributed by atoms with E-state index in [2.05, 4.69) is 9.72 Å². The topological polar surface area (TPSA) is 39.2 Å². The zero-order valence-corrected chi connectivity index (χ0v) is 8.14. The maximum atomic E-state index is 13.1. The molecule has 0 radical (unpaired) electrons. The number of esters is 1. The summed E-state index contributed by atoms with van der Waals surface area (Å²) < 4.78 is 54.7. The minimum atomic E-state index is -3.16. The third-order valence-electron chi connectivity index (χ3n) is 1.83. The van der Waals surface area contributed by atoms with Gasteiger partial charge in [0.15, 0.2) is 0 Å². The lowest BCUT2D eigenvalue weighted by Crippen LogP contribution is -2.11. The summed E-state index contributed by atoms with van der Waals surface area (Å²) in [6, 6.07) is 0.337. The van der Waals surface area contributed by atoms with Gasteiger partial charge in [-0.15, -0.1) is 0 Å².